The monoisotopic (exact) mass is 371 g/mol. The summed E-state index contributed by atoms with van der Waals surface area (Å²) in [6.07, 6.45) is -0.734. The maximum absolute atomic E-state index is 12.9. The first-order valence-corrected chi connectivity index (χ1v) is 8.82. The molecule has 0 aliphatic carbocycles. The second-order valence-corrected chi connectivity index (χ2v) is 6.28. The average molecular weight is 371 g/mol. The molecule has 0 bridgehead atoms. The zero-order valence-electron chi connectivity index (χ0n) is 15.1. The molecule has 27 heavy (non-hydrogen) atoms. The molecule has 2 N–H and O–H groups in total. The molecule has 7 heteroatoms. The lowest BCUT2D eigenvalue weighted by Gasteiger charge is -2.23. The number of benzene rings is 2. The second-order valence-electron chi connectivity index (χ2n) is 6.28. The minimum atomic E-state index is -0.734. The summed E-state index contributed by atoms with van der Waals surface area (Å²) in [7, 11) is 0. The van der Waals surface area contributed by atoms with Crippen LogP contribution in [0.15, 0.2) is 53.3 Å². The van der Waals surface area contributed by atoms with E-state index in [-0.39, 0.29) is 18.0 Å². The summed E-state index contributed by atoms with van der Waals surface area (Å²) in [5.74, 6) is 0.711. The van der Waals surface area contributed by atoms with Gasteiger partial charge < -0.3 is 14.8 Å². The number of aromatic nitrogens is 2. The van der Waals surface area contributed by atoms with Crippen molar-refractivity contribution in [1.82, 2.24) is 14.9 Å². The third kappa shape index (κ3) is 5.12. The van der Waals surface area contributed by atoms with E-state index in [1.807, 2.05) is 17.9 Å². The zero-order chi connectivity index (χ0) is 19.2. The van der Waals surface area contributed by atoms with Gasteiger partial charge in [0.05, 0.1) is 17.4 Å². The normalized spacial score (nSPS) is 12.4. The number of aliphatic hydroxyl groups excluding tert-OH is 1. The van der Waals surface area contributed by atoms with Crippen molar-refractivity contribution in [3.8, 4) is 5.75 Å². The number of hydrogen-bond donors (Lipinski definition) is 2. The molecular weight excluding hydrogens is 349 g/mol. The molecule has 0 aliphatic rings. The Labute approximate surface area is 156 Å². The molecule has 1 heterocycles. The molecule has 0 aliphatic heterocycles. The fraction of sp³-hybridized carbons (Fsp3) is 0.300. The van der Waals surface area contributed by atoms with Gasteiger partial charge in [0.2, 0.25) is 0 Å². The Morgan fingerprint density at radius 2 is 1.96 bits per heavy atom. The van der Waals surface area contributed by atoms with Crippen molar-refractivity contribution >= 4 is 10.9 Å². The number of aromatic amines is 1. The summed E-state index contributed by atoms with van der Waals surface area (Å²) < 4.78 is 18.4. The summed E-state index contributed by atoms with van der Waals surface area (Å²) in [6, 6.07) is 12.8. The van der Waals surface area contributed by atoms with Crippen molar-refractivity contribution in [2.45, 2.75) is 19.6 Å². The first-order valence-electron chi connectivity index (χ1n) is 8.82. The van der Waals surface area contributed by atoms with Gasteiger partial charge in [-0.25, -0.2) is 9.37 Å². The highest BCUT2D eigenvalue weighted by Gasteiger charge is 2.14. The molecule has 0 unspecified atom stereocenters. The van der Waals surface area contributed by atoms with Crippen LogP contribution in [0.5, 0.6) is 5.75 Å². The van der Waals surface area contributed by atoms with Crippen LogP contribution in [-0.4, -0.2) is 45.8 Å². The van der Waals surface area contributed by atoms with E-state index in [1.54, 1.807) is 18.2 Å². The van der Waals surface area contributed by atoms with Gasteiger partial charge in [-0.2, -0.15) is 0 Å². The molecule has 3 rings (SSSR count). The summed E-state index contributed by atoms with van der Waals surface area (Å²) in [5.41, 5.74) is 0.472. The standard InChI is InChI=1S/C20H22FN3O3/c1-2-24(11-15(25)13-27-16-9-7-14(21)8-10-16)12-19-22-18-6-4-3-5-17(18)20(26)23-19/h3-10,15,25H,2,11-13H2,1H3,(H,22,23,26)/t15-/m0/s1. The van der Waals surface area contributed by atoms with Crippen LogP contribution in [0.3, 0.4) is 0 Å². The molecule has 3 aromatic rings. The van der Waals surface area contributed by atoms with E-state index >= 15 is 0 Å². The van der Waals surface area contributed by atoms with Gasteiger partial charge in [-0.3, -0.25) is 9.69 Å². The fourth-order valence-corrected chi connectivity index (χ4v) is 2.80. The molecule has 0 radical (unpaired) electrons. The maximum atomic E-state index is 12.9. The summed E-state index contributed by atoms with van der Waals surface area (Å²) in [6.45, 7) is 3.49. The number of halogens is 1. The highest BCUT2D eigenvalue weighted by Crippen LogP contribution is 2.12. The Bertz CT molecular complexity index is 943. The highest BCUT2D eigenvalue weighted by atomic mass is 19.1. The number of ether oxygens (including phenoxy) is 1. The lowest BCUT2D eigenvalue weighted by molar-refractivity contribution is 0.0666. The maximum Gasteiger partial charge on any atom is 0.258 e. The topological polar surface area (TPSA) is 78.5 Å². The molecule has 0 saturated heterocycles. The Balaban J connectivity index is 1.60. The van der Waals surface area contributed by atoms with Crippen LogP contribution in [-0.2, 0) is 6.54 Å². The van der Waals surface area contributed by atoms with Crippen molar-refractivity contribution in [1.29, 1.82) is 0 Å². The van der Waals surface area contributed by atoms with Crippen LogP contribution < -0.4 is 10.3 Å². The Kier molecular flexibility index (Phi) is 6.16. The molecule has 2 aromatic carbocycles. The minimum absolute atomic E-state index is 0.0871. The van der Waals surface area contributed by atoms with E-state index in [2.05, 4.69) is 9.97 Å². The molecule has 0 saturated carbocycles. The van der Waals surface area contributed by atoms with Crippen molar-refractivity contribution in [3.63, 3.8) is 0 Å². The van der Waals surface area contributed by atoms with Gasteiger partial charge >= 0.3 is 0 Å². The van der Waals surface area contributed by atoms with Gasteiger partial charge in [0.15, 0.2) is 0 Å². The van der Waals surface area contributed by atoms with E-state index in [4.69, 9.17) is 4.74 Å². The number of hydrogen-bond acceptors (Lipinski definition) is 5. The highest BCUT2D eigenvalue weighted by molar-refractivity contribution is 5.77. The predicted molar refractivity (Wildman–Crippen MR) is 101 cm³/mol. The van der Waals surface area contributed by atoms with Crippen LogP contribution in [0.2, 0.25) is 0 Å². The number of para-hydroxylation sites is 1. The van der Waals surface area contributed by atoms with E-state index in [1.165, 1.54) is 24.3 Å². The lowest BCUT2D eigenvalue weighted by atomic mass is 10.2. The molecule has 1 aromatic heterocycles. The molecule has 0 amide bonds. The van der Waals surface area contributed by atoms with Crippen molar-refractivity contribution in [3.05, 3.63) is 70.5 Å². The predicted octanol–water partition coefficient (Wildman–Crippen LogP) is 2.32. The van der Waals surface area contributed by atoms with Crippen molar-refractivity contribution in [2.24, 2.45) is 0 Å². The van der Waals surface area contributed by atoms with Crippen LogP contribution in [0.4, 0.5) is 4.39 Å². The summed E-state index contributed by atoms with van der Waals surface area (Å²) in [5, 5.41) is 10.8. The largest absolute Gasteiger partial charge is 0.491 e. The summed E-state index contributed by atoms with van der Waals surface area (Å²) in [4.78, 5) is 21.4. The van der Waals surface area contributed by atoms with Crippen molar-refractivity contribution in [2.75, 3.05) is 19.7 Å². The molecule has 0 spiro atoms. The van der Waals surface area contributed by atoms with Gasteiger partial charge in [0.25, 0.3) is 5.56 Å². The van der Waals surface area contributed by atoms with Gasteiger partial charge in [-0.1, -0.05) is 19.1 Å². The van der Waals surface area contributed by atoms with Gasteiger partial charge in [0.1, 0.15) is 30.1 Å². The third-order valence-electron chi connectivity index (χ3n) is 4.21. The van der Waals surface area contributed by atoms with Crippen LogP contribution in [0, 0.1) is 5.82 Å². The first-order chi connectivity index (χ1) is 13.0. The number of rotatable bonds is 8. The molecular formula is C20H22FN3O3. The number of fused-ring (bicyclic) bond motifs is 1. The molecule has 6 nitrogen and oxygen atoms in total. The SMILES string of the molecule is CCN(Cc1nc2ccccc2c(=O)[nH]1)C[C@H](O)COc1ccc(F)cc1. The lowest BCUT2D eigenvalue weighted by Crippen LogP contribution is -2.36. The van der Waals surface area contributed by atoms with E-state index in [9.17, 15) is 14.3 Å². The third-order valence-corrected chi connectivity index (χ3v) is 4.21. The van der Waals surface area contributed by atoms with Crippen LogP contribution in [0.1, 0.15) is 12.7 Å². The molecule has 0 fully saturated rings. The quantitative estimate of drug-likeness (QED) is 0.635. The number of likely N-dealkylation sites (N-methyl/N-ethyl adjacent to an activating group) is 1. The van der Waals surface area contributed by atoms with Gasteiger partial charge in [-0.05, 0) is 42.9 Å². The average Bonchev–Trinajstić information content (AvgIpc) is 2.67. The molecule has 1 atom stereocenters. The van der Waals surface area contributed by atoms with E-state index in [0.717, 1.165) is 0 Å². The fourth-order valence-electron chi connectivity index (χ4n) is 2.80. The zero-order valence-corrected chi connectivity index (χ0v) is 15.1. The van der Waals surface area contributed by atoms with Crippen LogP contribution >= 0.6 is 0 Å². The first kappa shape index (κ1) is 19.0. The second kappa shape index (κ2) is 8.75. The van der Waals surface area contributed by atoms with Crippen LogP contribution in [0.25, 0.3) is 10.9 Å². The summed E-state index contributed by atoms with van der Waals surface area (Å²) >= 11 is 0. The minimum Gasteiger partial charge on any atom is -0.491 e. The van der Waals surface area contributed by atoms with Gasteiger partial charge in [0, 0.05) is 6.54 Å². The Morgan fingerprint density at radius 1 is 1.22 bits per heavy atom. The van der Waals surface area contributed by atoms with E-state index < -0.39 is 6.10 Å². The smallest absolute Gasteiger partial charge is 0.258 e. The number of aliphatic hydroxyl groups is 1. The van der Waals surface area contributed by atoms with Crippen molar-refractivity contribution < 1.29 is 14.2 Å². The number of nitrogens with one attached hydrogen (secondary N) is 1. The Morgan fingerprint density at radius 3 is 2.70 bits per heavy atom. The number of H-pyrrole nitrogens is 1. The Hall–Kier alpha value is -2.77. The molecule has 142 valence electrons. The number of nitrogens with zero attached hydrogens (tertiary/aromatic N) is 2. The van der Waals surface area contributed by atoms with Gasteiger partial charge in [-0.15, -0.1) is 0 Å². The van der Waals surface area contributed by atoms with E-state index in [0.29, 0.717) is 42.1 Å².